The summed E-state index contributed by atoms with van der Waals surface area (Å²) in [6.45, 7) is 6.87. The van der Waals surface area contributed by atoms with E-state index >= 15 is 0 Å². The third-order valence-electron chi connectivity index (χ3n) is 5.11. The summed E-state index contributed by atoms with van der Waals surface area (Å²) in [7, 11) is 0. The normalized spacial score (nSPS) is 20.6. The molecule has 1 fully saturated rings. The van der Waals surface area contributed by atoms with Gasteiger partial charge in [0.2, 0.25) is 0 Å². The summed E-state index contributed by atoms with van der Waals surface area (Å²) in [5, 5.41) is 11.3. The molecule has 0 aliphatic carbocycles. The molecule has 4 rings (SSSR count). The lowest BCUT2D eigenvalue weighted by Crippen LogP contribution is -2.46. The monoisotopic (exact) mass is 416 g/mol. The molecule has 12 heteroatoms. The minimum atomic E-state index is -5.08. The van der Waals surface area contributed by atoms with E-state index in [0.717, 1.165) is 45.7 Å². The number of hydrogen-bond acceptors (Lipinski definition) is 6. The van der Waals surface area contributed by atoms with Gasteiger partial charge in [-0.25, -0.2) is 19.4 Å². The van der Waals surface area contributed by atoms with Gasteiger partial charge < -0.3 is 14.4 Å². The molecule has 2 aliphatic rings. The van der Waals surface area contributed by atoms with Crippen LogP contribution in [0, 0.1) is 0 Å². The molecule has 0 spiro atoms. The van der Waals surface area contributed by atoms with Crippen LogP contribution in [0.3, 0.4) is 0 Å². The summed E-state index contributed by atoms with van der Waals surface area (Å²) in [5.41, 5.74) is 1.21. The van der Waals surface area contributed by atoms with E-state index in [1.54, 1.807) is 12.7 Å². The maximum atomic E-state index is 10.6. The molecule has 1 N–H and O–H groups in total. The summed E-state index contributed by atoms with van der Waals surface area (Å²) in [6.07, 6.45) is 2.50. The minimum Gasteiger partial charge on any atom is -0.475 e. The average molecular weight is 416 g/mol. The van der Waals surface area contributed by atoms with Gasteiger partial charge >= 0.3 is 12.1 Å². The van der Waals surface area contributed by atoms with Gasteiger partial charge in [0.05, 0.1) is 24.5 Å². The number of alkyl halides is 3. The minimum absolute atomic E-state index is 0.362. The number of rotatable bonds is 3. The Balaban J connectivity index is 0.000000298. The summed E-state index contributed by atoms with van der Waals surface area (Å²) in [5.74, 6) is -1.58. The highest BCUT2D eigenvalue weighted by molar-refractivity contribution is 5.73. The van der Waals surface area contributed by atoms with Crippen LogP contribution >= 0.6 is 0 Å². The SMILES string of the molecule is CC1c2ncc(Cn3cncn3)n2CCN1C1CCOCC1.O=C(O)C(F)(F)F. The Morgan fingerprint density at radius 3 is 2.59 bits per heavy atom. The molecule has 1 unspecified atom stereocenters. The van der Waals surface area contributed by atoms with Crippen LogP contribution < -0.4 is 0 Å². The zero-order valence-electron chi connectivity index (χ0n) is 15.9. The number of fused-ring (bicyclic) bond motifs is 1. The first-order valence-electron chi connectivity index (χ1n) is 9.27. The topological polar surface area (TPSA) is 98.3 Å². The Kier molecular flexibility index (Phi) is 6.52. The van der Waals surface area contributed by atoms with Crippen LogP contribution in [0.25, 0.3) is 0 Å². The van der Waals surface area contributed by atoms with E-state index in [0.29, 0.717) is 12.1 Å². The van der Waals surface area contributed by atoms with Crippen molar-refractivity contribution in [1.29, 1.82) is 0 Å². The highest BCUT2D eigenvalue weighted by Crippen LogP contribution is 2.30. The predicted octanol–water partition coefficient (Wildman–Crippen LogP) is 1.71. The Morgan fingerprint density at radius 1 is 1.31 bits per heavy atom. The number of carbonyl (C=O) groups is 1. The van der Waals surface area contributed by atoms with Gasteiger partial charge in [-0.1, -0.05) is 0 Å². The number of carboxylic acids is 1. The Hall–Kier alpha value is -2.47. The van der Waals surface area contributed by atoms with Crippen LogP contribution in [0.5, 0.6) is 0 Å². The number of imidazole rings is 1. The van der Waals surface area contributed by atoms with Gasteiger partial charge in [0.1, 0.15) is 18.5 Å². The highest BCUT2D eigenvalue weighted by Gasteiger charge is 2.38. The second kappa shape index (κ2) is 8.91. The highest BCUT2D eigenvalue weighted by atomic mass is 19.4. The Labute approximate surface area is 165 Å². The van der Waals surface area contributed by atoms with Crippen molar-refractivity contribution in [3.05, 3.63) is 30.4 Å². The second-order valence-corrected chi connectivity index (χ2v) is 6.91. The fourth-order valence-corrected chi connectivity index (χ4v) is 3.70. The number of nitrogens with zero attached hydrogens (tertiary/aromatic N) is 6. The molecule has 0 amide bonds. The van der Waals surface area contributed by atoms with E-state index in [9.17, 15) is 13.2 Å². The molecule has 2 aromatic rings. The largest absolute Gasteiger partial charge is 0.490 e. The number of carboxylic acid groups (broad SMARTS) is 1. The molecule has 4 heterocycles. The molecule has 160 valence electrons. The van der Waals surface area contributed by atoms with Crippen LogP contribution in [0.1, 0.15) is 37.3 Å². The molecule has 0 aromatic carbocycles. The lowest BCUT2D eigenvalue weighted by molar-refractivity contribution is -0.192. The van der Waals surface area contributed by atoms with E-state index in [1.165, 1.54) is 11.5 Å². The van der Waals surface area contributed by atoms with E-state index in [4.69, 9.17) is 19.6 Å². The van der Waals surface area contributed by atoms with Gasteiger partial charge in [-0.15, -0.1) is 0 Å². The summed E-state index contributed by atoms with van der Waals surface area (Å²) in [4.78, 5) is 20.2. The average Bonchev–Trinajstić information content (AvgIpc) is 3.34. The van der Waals surface area contributed by atoms with E-state index in [2.05, 4.69) is 26.5 Å². The first kappa shape index (κ1) is 21.2. The smallest absolute Gasteiger partial charge is 0.475 e. The fraction of sp³-hybridized carbons (Fsp3) is 0.647. The summed E-state index contributed by atoms with van der Waals surface area (Å²) >= 11 is 0. The molecule has 1 saturated heterocycles. The van der Waals surface area contributed by atoms with Crippen LogP contribution in [-0.4, -0.2) is 72.3 Å². The first-order valence-corrected chi connectivity index (χ1v) is 9.27. The van der Waals surface area contributed by atoms with Gasteiger partial charge in [0.15, 0.2) is 0 Å². The lowest BCUT2D eigenvalue weighted by Gasteiger charge is -2.41. The molecule has 0 radical (unpaired) electrons. The van der Waals surface area contributed by atoms with Gasteiger partial charge in [-0.2, -0.15) is 18.3 Å². The molecule has 1 atom stereocenters. The molecule has 0 saturated carbocycles. The molecule has 2 aromatic heterocycles. The number of aliphatic carboxylic acids is 1. The van der Waals surface area contributed by atoms with Crippen molar-refractivity contribution in [2.45, 2.75) is 51.1 Å². The van der Waals surface area contributed by atoms with Crippen molar-refractivity contribution < 1.29 is 27.8 Å². The van der Waals surface area contributed by atoms with Crippen molar-refractivity contribution in [2.24, 2.45) is 0 Å². The lowest BCUT2D eigenvalue weighted by atomic mass is 10.0. The van der Waals surface area contributed by atoms with Gasteiger partial charge in [0.25, 0.3) is 0 Å². The molecular formula is C17H23F3N6O3. The quantitative estimate of drug-likeness (QED) is 0.813. The first-order chi connectivity index (χ1) is 13.8. The zero-order valence-corrected chi connectivity index (χ0v) is 15.9. The van der Waals surface area contributed by atoms with Gasteiger partial charge in [-0.05, 0) is 19.8 Å². The van der Waals surface area contributed by atoms with Crippen LogP contribution in [0.15, 0.2) is 18.9 Å². The summed E-state index contributed by atoms with van der Waals surface area (Å²) < 4.78 is 41.4. The third-order valence-corrected chi connectivity index (χ3v) is 5.11. The second-order valence-electron chi connectivity index (χ2n) is 6.91. The van der Waals surface area contributed by atoms with Gasteiger partial charge in [0, 0.05) is 32.3 Å². The van der Waals surface area contributed by atoms with E-state index in [-0.39, 0.29) is 0 Å². The third kappa shape index (κ3) is 5.12. The standard InChI is InChI=1S/C15H22N6O.C2HF3O2/c1-12-15-17-8-14(9-19-11-16-10-18-19)21(15)5-4-20(12)13-2-6-22-7-3-13;3-2(4,5)1(6)7/h8,10-13H,2-7,9H2,1H3;(H,6,7). The van der Waals surface area contributed by atoms with E-state index in [1.807, 2.05) is 10.9 Å². The van der Waals surface area contributed by atoms with Crippen LogP contribution in [0.2, 0.25) is 0 Å². The Bertz CT molecular complexity index is 802. The van der Waals surface area contributed by atoms with Crippen molar-refractivity contribution in [3.63, 3.8) is 0 Å². The molecular weight excluding hydrogens is 393 g/mol. The zero-order chi connectivity index (χ0) is 21.0. The number of aromatic nitrogens is 5. The number of halogens is 3. The van der Waals surface area contributed by atoms with Crippen molar-refractivity contribution in [3.8, 4) is 0 Å². The molecule has 0 bridgehead atoms. The number of ether oxygens (including phenoxy) is 1. The Morgan fingerprint density at radius 2 is 2.00 bits per heavy atom. The van der Waals surface area contributed by atoms with Crippen LogP contribution in [-0.2, 0) is 22.6 Å². The van der Waals surface area contributed by atoms with E-state index < -0.39 is 12.1 Å². The maximum absolute atomic E-state index is 10.6. The summed E-state index contributed by atoms with van der Waals surface area (Å²) in [6, 6.07) is 0.995. The molecule has 29 heavy (non-hydrogen) atoms. The predicted molar refractivity (Wildman–Crippen MR) is 94.0 cm³/mol. The van der Waals surface area contributed by atoms with Crippen molar-refractivity contribution in [2.75, 3.05) is 19.8 Å². The van der Waals surface area contributed by atoms with Crippen molar-refractivity contribution >= 4 is 5.97 Å². The van der Waals surface area contributed by atoms with Gasteiger partial charge in [-0.3, -0.25) is 4.90 Å². The fourth-order valence-electron chi connectivity index (χ4n) is 3.70. The number of hydrogen-bond donors (Lipinski definition) is 1. The maximum Gasteiger partial charge on any atom is 0.490 e. The van der Waals surface area contributed by atoms with Crippen LogP contribution in [0.4, 0.5) is 13.2 Å². The molecule has 2 aliphatic heterocycles. The molecule has 9 nitrogen and oxygen atoms in total. The van der Waals surface area contributed by atoms with Crippen molar-refractivity contribution in [1.82, 2.24) is 29.2 Å².